The third-order valence-electron chi connectivity index (χ3n) is 0.544. The molecule has 0 fully saturated rings. The molecule has 2 heteroatoms. The maximum atomic E-state index is 5.25. The van der Waals surface area contributed by atoms with Crippen LogP contribution in [0.4, 0.5) is 0 Å². The summed E-state index contributed by atoms with van der Waals surface area (Å²) in [4.78, 5) is 0. The minimum absolute atomic E-state index is 0. The summed E-state index contributed by atoms with van der Waals surface area (Å²) in [7, 11) is 0. The zero-order valence-electron chi connectivity index (χ0n) is 5.56. The fourth-order valence-electron chi connectivity index (χ4n) is 0.544. The van der Waals surface area contributed by atoms with Crippen molar-refractivity contribution in [3.63, 3.8) is 0 Å². The van der Waals surface area contributed by atoms with Gasteiger partial charge in [0.1, 0.15) is 0 Å². The summed E-state index contributed by atoms with van der Waals surface area (Å²) in [6, 6.07) is 0. The molecule has 0 aromatic carbocycles. The molecule has 0 heterocycles. The van der Waals surface area contributed by atoms with Crippen LogP contribution < -0.4 is 0 Å². The molecular formula is C6H17InO. The number of hydrogen-bond donors (Lipinski definition) is 0. The van der Waals surface area contributed by atoms with Gasteiger partial charge >= 0.3 is 25.8 Å². The average Bonchev–Trinajstić information content (AvgIpc) is 1.27. The number of hydrogen-bond acceptors (Lipinski definition) is 1. The number of rotatable bonds is 2. The van der Waals surface area contributed by atoms with Crippen LogP contribution in [0.15, 0.2) is 0 Å². The van der Waals surface area contributed by atoms with Crippen molar-refractivity contribution < 1.29 is 4.74 Å². The Morgan fingerprint density at radius 1 is 0.875 bits per heavy atom. The third-order valence-corrected chi connectivity index (χ3v) is 0.544. The van der Waals surface area contributed by atoms with Crippen LogP contribution in [0, 0.1) is 0 Å². The second kappa shape index (κ2) is 5.96. The van der Waals surface area contributed by atoms with Crippen molar-refractivity contribution in [3.05, 3.63) is 0 Å². The molecule has 0 radical (unpaired) electrons. The first kappa shape index (κ1) is 11.6. The van der Waals surface area contributed by atoms with E-state index >= 15 is 0 Å². The van der Waals surface area contributed by atoms with Crippen LogP contribution in [0.1, 0.15) is 27.7 Å². The van der Waals surface area contributed by atoms with E-state index in [9.17, 15) is 0 Å². The van der Waals surface area contributed by atoms with Crippen LogP contribution >= 0.6 is 0 Å². The van der Waals surface area contributed by atoms with Gasteiger partial charge in [-0.05, 0) is 27.7 Å². The van der Waals surface area contributed by atoms with Gasteiger partial charge in [0.15, 0.2) is 0 Å². The number of ether oxygens (including phenoxy) is 1. The van der Waals surface area contributed by atoms with E-state index in [1.807, 2.05) is 27.7 Å². The predicted molar refractivity (Wildman–Crippen MR) is 41.3 cm³/mol. The molecule has 0 spiro atoms. The quantitative estimate of drug-likeness (QED) is 0.663. The second-order valence-electron chi connectivity index (χ2n) is 2.23. The molecular weight excluding hydrogens is 203 g/mol. The van der Waals surface area contributed by atoms with E-state index in [2.05, 4.69) is 0 Å². The van der Waals surface area contributed by atoms with Gasteiger partial charge in [-0.25, -0.2) is 0 Å². The minimum atomic E-state index is 0. The zero-order chi connectivity index (χ0) is 5.86. The Balaban J connectivity index is 0. The van der Waals surface area contributed by atoms with Crippen LogP contribution in [-0.4, -0.2) is 38.1 Å². The van der Waals surface area contributed by atoms with Gasteiger partial charge in [-0.2, -0.15) is 0 Å². The van der Waals surface area contributed by atoms with Crippen molar-refractivity contribution in [1.82, 2.24) is 0 Å². The molecule has 0 aliphatic rings. The second-order valence-corrected chi connectivity index (χ2v) is 2.23. The topological polar surface area (TPSA) is 9.23 Å². The van der Waals surface area contributed by atoms with Gasteiger partial charge < -0.3 is 4.74 Å². The molecule has 0 aliphatic heterocycles. The summed E-state index contributed by atoms with van der Waals surface area (Å²) < 4.78 is 5.25. The van der Waals surface area contributed by atoms with Crippen molar-refractivity contribution in [3.8, 4) is 0 Å². The average molecular weight is 220 g/mol. The molecule has 0 amide bonds. The van der Waals surface area contributed by atoms with Crippen LogP contribution in [0.5, 0.6) is 0 Å². The van der Waals surface area contributed by atoms with Crippen LogP contribution in [0.2, 0.25) is 0 Å². The summed E-state index contributed by atoms with van der Waals surface area (Å²) in [5.74, 6) is 0. The first-order valence-electron chi connectivity index (χ1n) is 2.78. The fourth-order valence-corrected chi connectivity index (χ4v) is 0.544. The predicted octanol–water partition coefficient (Wildman–Crippen LogP) is 0.636. The third kappa shape index (κ3) is 9.95. The molecule has 0 aromatic rings. The molecule has 8 heavy (non-hydrogen) atoms. The van der Waals surface area contributed by atoms with Gasteiger partial charge in [-0.15, -0.1) is 0 Å². The van der Waals surface area contributed by atoms with E-state index < -0.39 is 0 Å². The normalized spacial score (nSPS) is 9.75. The van der Waals surface area contributed by atoms with Crippen molar-refractivity contribution in [2.75, 3.05) is 0 Å². The van der Waals surface area contributed by atoms with Gasteiger partial charge in [-0.3, -0.25) is 0 Å². The van der Waals surface area contributed by atoms with Gasteiger partial charge in [0.05, 0.1) is 12.2 Å². The first-order chi connectivity index (χ1) is 3.13. The molecule has 1 nitrogen and oxygen atoms in total. The zero-order valence-corrected chi connectivity index (χ0v) is 5.56. The molecule has 50 valence electrons. The van der Waals surface area contributed by atoms with Crippen molar-refractivity contribution >= 4 is 25.8 Å². The Bertz CT molecular complexity index is 37.8. The molecule has 0 aliphatic carbocycles. The maximum absolute atomic E-state index is 5.25. The summed E-state index contributed by atoms with van der Waals surface area (Å²) in [5.41, 5.74) is 0. The van der Waals surface area contributed by atoms with Gasteiger partial charge in [0.2, 0.25) is 0 Å². The Hall–Kier alpha value is 0.830. The summed E-state index contributed by atoms with van der Waals surface area (Å²) in [6.45, 7) is 8.17. The van der Waals surface area contributed by atoms with Crippen molar-refractivity contribution in [2.45, 2.75) is 39.9 Å². The van der Waals surface area contributed by atoms with E-state index in [1.165, 1.54) is 0 Å². The summed E-state index contributed by atoms with van der Waals surface area (Å²) in [6.07, 6.45) is 0.750. The Morgan fingerprint density at radius 2 is 1.12 bits per heavy atom. The van der Waals surface area contributed by atoms with Crippen LogP contribution in [-0.2, 0) is 4.74 Å². The van der Waals surface area contributed by atoms with E-state index in [0.29, 0.717) is 12.2 Å². The van der Waals surface area contributed by atoms with E-state index in [1.54, 1.807) is 0 Å². The fraction of sp³-hybridized carbons (Fsp3) is 1.00. The molecule has 0 bridgehead atoms. The Morgan fingerprint density at radius 3 is 1.12 bits per heavy atom. The van der Waals surface area contributed by atoms with E-state index in [-0.39, 0.29) is 25.8 Å². The van der Waals surface area contributed by atoms with Crippen LogP contribution in [0.3, 0.4) is 0 Å². The van der Waals surface area contributed by atoms with E-state index in [0.717, 1.165) is 0 Å². The van der Waals surface area contributed by atoms with Gasteiger partial charge in [0.25, 0.3) is 0 Å². The molecule has 0 aromatic heterocycles. The molecule has 0 N–H and O–H groups in total. The monoisotopic (exact) mass is 220 g/mol. The molecule has 0 unspecified atom stereocenters. The SMILES string of the molecule is CC(C)OC(C)C.[InH3]. The molecule has 0 saturated heterocycles. The first-order valence-corrected chi connectivity index (χ1v) is 2.78. The summed E-state index contributed by atoms with van der Waals surface area (Å²) in [5, 5.41) is 0. The molecule has 0 rings (SSSR count). The Kier molecular flexibility index (Phi) is 8.64. The van der Waals surface area contributed by atoms with Crippen LogP contribution in [0.25, 0.3) is 0 Å². The van der Waals surface area contributed by atoms with Gasteiger partial charge in [0, 0.05) is 0 Å². The van der Waals surface area contributed by atoms with E-state index in [4.69, 9.17) is 4.74 Å². The molecule has 0 saturated carbocycles. The van der Waals surface area contributed by atoms with Crippen molar-refractivity contribution in [2.24, 2.45) is 0 Å². The van der Waals surface area contributed by atoms with Gasteiger partial charge in [-0.1, -0.05) is 0 Å². The standard InChI is InChI=1S/C6H14O.In.3H/c1-5(2)7-6(3)4;;;;/h5-6H,1-4H3;;;;. The Labute approximate surface area is 70.6 Å². The molecule has 0 atom stereocenters. The summed E-state index contributed by atoms with van der Waals surface area (Å²) >= 11 is 0. The van der Waals surface area contributed by atoms with Crippen molar-refractivity contribution in [1.29, 1.82) is 0 Å².